The topological polar surface area (TPSA) is 85.4 Å². The predicted molar refractivity (Wildman–Crippen MR) is 58.7 cm³/mol. The Hall–Kier alpha value is -2.55. The van der Waals surface area contributed by atoms with E-state index in [1.165, 1.54) is 13.2 Å². The minimum Gasteiger partial charge on any atom is -0.490 e. The highest BCUT2D eigenvalue weighted by molar-refractivity contribution is 5.85. The lowest BCUT2D eigenvalue weighted by atomic mass is 10.0. The molecule has 0 N–H and O–H groups in total. The van der Waals surface area contributed by atoms with Gasteiger partial charge in [-0.3, -0.25) is 10.1 Å². The molecule has 0 saturated heterocycles. The maximum atomic E-state index is 11.0. The van der Waals surface area contributed by atoms with Crippen LogP contribution in [-0.2, 0) is 0 Å². The molecule has 0 amide bonds. The van der Waals surface area contributed by atoms with Crippen LogP contribution in [0.25, 0.3) is 5.57 Å². The largest absolute Gasteiger partial charge is 0.490 e. The van der Waals surface area contributed by atoms with E-state index in [0.29, 0.717) is 11.1 Å². The monoisotopic (exact) mass is 232 g/mol. The van der Waals surface area contributed by atoms with Gasteiger partial charge in [-0.1, -0.05) is 0 Å². The Balaban J connectivity index is 2.71. The average Bonchev–Trinajstić information content (AvgIpc) is 2.36. The normalized spacial score (nSPS) is 12.8. The SMILES string of the molecule is COc1ccc2c(c1[N+](=O)[O-])OCC=C2C#N. The van der Waals surface area contributed by atoms with E-state index in [9.17, 15) is 10.1 Å². The second-order valence-corrected chi connectivity index (χ2v) is 3.29. The van der Waals surface area contributed by atoms with Crippen molar-refractivity contribution in [3.8, 4) is 17.6 Å². The fraction of sp³-hybridized carbons (Fsp3) is 0.182. The number of nitro benzene ring substituents is 1. The Kier molecular flexibility index (Phi) is 2.66. The van der Waals surface area contributed by atoms with Gasteiger partial charge in [0.15, 0.2) is 0 Å². The molecular weight excluding hydrogens is 224 g/mol. The van der Waals surface area contributed by atoms with Crippen LogP contribution in [0.4, 0.5) is 5.69 Å². The number of hydrogen-bond donors (Lipinski definition) is 0. The molecule has 86 valence electrons. The molecule has 0 aliphatic carbocycles. The van der Waals surface area contributed by atoms with Crippen LogP contribution in [0.5, 0.6) is 11.5 Å². The van der Waals surface area contributed by atoms with Gasteiger partial charge in [-0.05, 0) is 18.2 Å². The highest BCUT2D eigenvalue weighted by Crippen LogP contribution is 2.43. The number of methoxy groups -OCH3 is 1. The molecule has 6 nitrogen and oxygen atoms in total. The van der Waals surface area contributed by atoms with E-state index in [1.807, 2.05) is 6.07 Å². The Bertz CT molecular complexity index is 557. The molecule has 0 fully saturated rings. The molecule has 0 atom stereocenters. The Morgan fingerprint density at radius 1 is 1.59 bits per heavy atom. The van der Waals surface area contributed by atoms with E-state index >= 15 is 0 Å². The Labute approximate surface area is 96.8 Å². The summed E-state index contributed by atoms with van der Waals surface area (Å²) in [5, 5.41) is 19.9. The summed E-state index contributed by atoms with van der Waals surface area (Å²) in [6.07, 6.45) is 1.58. The molecule has 6 heteroatoms. The molecule has 0 bridgehead atoms. The standard InChI is InChI=1S/C11H8N2O4/c1-16-9-3-2-8-7(6-12)4-5-17-11(8)10(9)13(14)15/h2-4H,5H2,1H3. The summed E-state index contributed by atoms with van der Waals surface area (Å²) in [5.41, 5.74) is 0.550. The molecule has 17 heavy (non-hydrogen) atoms. The maximum absolute atomic E-state index is 11.0. The zero-order valence-electron chi connectivity index (χ0n) is 8.97. The molecule has 1 aliphatic rings. The molecule has 0 saturated carbocycles. The highest BCUT2D eigenvalue weighted by atomic mass is 16.6. The van der Waals surface area contributed by atoms with Crippen LogP contribution in [0, 0.1) is 21.4 Å². The van der Waals surface area contributed by atoms with Crippen LogP contribution in [-0.4, -0.2) is 18.6 Å². The van der Waals surface area contributed by atoms with Crippen molar-refractivity contribution < 1.29 is 14.4 Å². The lowest BCUT2D eigenvalue weighted by Crippen LogP contribution is -2.07. The molecule has 1 aliphatic heterocycles. The van der Waals surface area contributed by atoms with Crippen LogP contribution in [0.2, 0.25) is 0 Å². The van der Waals surface area contributed by atoms with Crippen LogP contribution < -0.4 is 9.47 Å². The van der Waals surface area contributed by atoms with Crippen molar-refractivity contribution in [1.82, 2.24) is 0 Å². The van der Waals surface area contributed by atoms with Gasteiger partial charge in [0.05, 0.1) is 23.7 Å². The highest BCUT2D eigenvalue weighted by Gasteiger charge is 2.28. The van der Waals surface area contributed by atoms with Crippen molar-refractivity contribution in [2.24, 2.45) is 0 Å². The third-order valence-electron chi connectivity index (χ3n) is 2.42. The number of benzene rings is 1. The van der Waals surface area contributed by atoms with Crippen LogP contribution in [0.3, 0.4) is 0 Å². The first-order chi connectivity index (χ1) is 8.19. The number of nitro groups is 1. The summed E-state index contributed by atoms with van der Waals surface area (Å²) in [6, 6.07) is 5.02. The molecule has 1 aromatic carbocycles. The van der Waals surface area contributed by atoms with Crippen molar-refractivity contribution in [1.29, 1.82) is 5.26 Å². The van der Waals surface area contributed by atoms with Gasteiger partial charge in [-0.2, -0.15) is 5.26 Å². The summed E-state index contributed by atoms with van der Waals surface area (Å²) in [4.78, 5) is 10.4. The second kappa shape index (κ2) is 4.14. The van der Waals surface area contributed by atoms with Gasteiger partial charge in [-0.15, -0.1) is 0 Å². The van der Waals surface area contributed by atoms with Gasteiger partial charge < -0.3 is 9.47 Å². The fourth-order valence-electron chi connectivity index (χ4n) is 1.67. The first kappa shape index (κ1) is 11.0. The zero-order chi connectivity index (χ0) is 12.4. The summed E-state index contributed by atoms with van der Waals surface area (Å²) >= 11 is 0. The minimum absolute atomic E-state index is 0.0911. The number of nitrogens with zero attached hydrogens (tertiary/aromatic N) is 2. The van der Waals surface area contributed by atoms with Gasteiger partial charge >= 0.3 is 5.69 Å². The smallest absolute Gasteiger partial charge is 0.352 e. The lowest BCUT2D eigenvalue weighted by Gasteiger charge is -2.15. The first-order valence-corrected chi connectivity index (χ1v) is 4.78. The lowest BCUT2D eigenvalue weighted by molar-refractivity contribution is -0.386. The van der Waals surface area contributed by atoms with E-state index in [4.69, 9.17) is 14.7 Å². The van der Waals surface area contributed by atoms with Gasteiger partial charge in [0.2, 0.25) is 11.5 Å². The van der Waals surface area contributed by atoms with Crippen molar-refractivity contribution in [3.63, 3.8) is 0 Å². The van der Waals surface area contributed by atoms with Crippen molar-refractivity contribution in [3.05, 3.63) is 33.9 Å². The van der Waals surface area contributed by atoms with E-state index in [0.717, 1.165) is 0 Å². The van der Waals surface area contributed by atoms with Crippen molar-refractivity contribution >= 4 is 11.3 Å². The zero-order valence-corrected chi connectivity index (χ0v) is 8.97. The van der Waals surface area contributed by atoms with Crippen LogP contribution in [0.15, 0.2) is 18.2 Å². The predicted octanol–water partition coefficient (Wildman–Crippen LogP) is 1.90. The average molecular weight is 232 g/mol. The molecule has 1 heterocycles. The third kappa shape index (κ3) is 1.67. The molecule has 0 aromatic heterocycles. The van der Waals surface area contributed by atoms with E-state index in [1.54, 1.807) is 12.1 Å². The van der Waals surface area contributed by atoms with Gasteiger partial charge in [-0.25, -0.2) is 0 Å². The summed E-state index contributed by atoms with van der Waals surface area (Å²) in [5.74, 6) is 0.210. The van der Waals surface area contributed by atoms with Gasteiger partial charge in [0, 0.05) is 5.56 Å². The molecule has 0 unspecified atom stereocenters. The second-order valence-electron chi connectivity index (χ2n) is 3.29. The molecule has 0 radical (unpaired) electrons. The van der Waals surface area contributed by atoms with Gasteiger partial charge in [0.25, 0.3) is 0 Å². The molecular formula is C11H8N2O4. The number of fused-ring (bicyclic) bond motifs is 1. The number of hydrogen-bond acceptors (Lipinski definition) is 5. The Morgan fingerprint density at radius 3 is 2.94 bits per heavy atom. The number of nitriles is 1. The van der Waals surface area contributed by atoms with Crippen LogP contribution >= 0.6 is 0 Å². The minimum atomic E-state index is -0.571. The molecule has 1 aromatic rings. The van der Waals surface area contributed by atoms with Crippen molar-refractivity contribution in [2.75, 3.05) is 13.7 Å². The third-order valence-corrected chi connectivity index (χ3v) is 2.42. The van der Waals surface area contributed by atoms with Gasteiger partial charge in [0.1, 0.15) is 6.61 Å². The Morgan fingerprint density at radius 2 is 2.35 bits per heavy atom. The van der Waals surface area contributed by atoms with E-state index in [-0.39, 0.29) is 23.8 Å². The maximum Gasteiger partial charge on any atom is 0.352 e. The fourth-order valence-corrected chi connectivity index (χ4v) is 1.67. The number of allylic oxidation sites excluding steroid dienone is 1. The summed E-state index contributed by atoms with van der Waals surface area (Å²) < 4.78 is 10.2. The quantitative estimate of drug-likeness (QED) is 0.574. The number of rotatable bonds is 2. The van der Waals surface area contributed by atoms with Crippen LogP contribution in [0.1, 0.15) is 5.56 Å². The summed E-state index contributed by atoms with van der Waals surface area (Å²) in [6.45, 7) is 0.143. The summed E-state index contributed by atoms with van der Waals surface area (Å²) in [7, 11) is 1.35. The molecule has 0 spiro atoms. The van der Waals surface area contributed by atoms with E-state index in [2.05, 4.69) is 0 Å². The molecule has 2 rings (SSSR count). The van der Waals surface area contributed by atoms with Crippen molar-refractivity contribution in [2.45, 2.75) is 0 Å². The first-order valence-electron chi connectivity index (χ1n) is 4.78. The number of ether oxygens (including phenoxy) is 2. The van der Waals surface area contributed by atoms with E-state index < -0.39 is 4.92 Å².